The summed E-state index contributed by atoms with van der Waals surface area (Å²) in [7, 11) is 0. The number of aromatic nitrogens is 1. The number of nitrogens with zero attached hydrogens (tertiary/aromatic N) is 1. The molecule has 1 saturated carbocycles. The third-order valence-corrected chi connectivity index (χ3v) is 3.23. The molecule has 0 saturated heterocycles. The average Bonchev–Trinajstić information content (AvgIpc) is 2.64. The first-order valence-electron chi connectivity index (χ1n) is 5.67. The van der Waals surface area contributed by atoms with Crippen LogP contribution in [0.2, 0.25) is 0 Å². The van der Waals surface area contributed by atoms with Crippen LogP contribution in [0.15, 0.2) is 18.3 Å². The second-order valence-corrected chi connectivity index (χ2v) is 4.50. The fraction of sp³-hybridized carbons (Fsp3) is 0.583. The molecule has 2 atom stereocenters. The molecule has 2 rings (SSSR count). The maximum Gasteiger partial charge on any atom is 0.416 e. The summed E-state index contributed by atoms with van der Waals surface area (Å²) in [6.45, 7) is 0. The molecule has 1 N–H and O–H groups in total. The fourth-order valence-electron chi connectivity index (χ4n) is 2.29. The van der Waals surface area contributed by atoms with E-state index >= 15 is 0 Å². The average molecular weight is 245 g/mol. The summed E-state index contributed by atoms with van der Waals surface area (Å²) in [6.07, 6.45) is -0.587. The van der Waals surface area contributed by atoms with E-state index in [4.69, 9.17) is 0 Å². The maximum atomic E-state index is 12.5. The molecule has 1 aromatic rings. The number of halogens is 3. The SMILES string of the molecule is O[C@@H]1CCC[C@H]1Cc1cc(C(F)(F)F)ccn1. The summed E-state index contributed by atoms with van der Waals surface area (Å²) in [5, 5.41) is 9.63. The quantitative estimate of drug-likeness (QED) is 0.869. The monoisotopic (exact) mass is 245 g/mol. The summed E-state index contributed by atoms with van der Waals surface area (Å²) in [5.41, 5.74) is -0.263. The minimum Gasteiger partial charge on any atom is -0.393 e. The van der Waals surface area contributed by atoms with Crippen molar-refractivity contribution in [2.45, 2.75) is 38.0 Å². The van der Waals surface area contributed by atoms with Crippen LogP contribution in [0.5, 0.6) is 0 Å². The van der Waals surface area contributed by atoms with Crippen LogP contribution in [0.3, 0.4) is 0 Å². The lowest BCUT2D eigenvalue weighted by molar-refractivity contribution is -0.137. The molecule has 17 heavy (non-hydrogen) atoms. The van der Waals surface area contributed by atoms with Gasteiger partial charge in [0.15, 0.2) is 0 Å². The molecule has 0 spiro atoms. The molecule has 5 heteroatoms. The lowest BCUT2D eigenvalue weighted by Crippen LogP contribution is -2.16. The molecule has 0 amide bonds. The molecule has 94 valence electrons. The summed E-state index contributed by atoms with van der Waals surface area (Å²) in [6, 6.07) is 2.04. The van der Waals surface area contributed by atoms with E-state index < -0.39 is 17.8 Å². The van der Waals surface area contributed by atoms with Gasteiger partial charge in [0.2, 0.25) is 0 Å². The largest absolute Gasteiger partial charge is 0.416 e. The Hall–Kier alpha value is -1.10. The number of pyridine rings is 1. The van der Waals surface area contributed by atoms with E-state index in [-0.39, 0.29) is 5.92 Å². The van der Waals surface area contributed by atoms with Crippen LogP contribution in [-0.4, -0.2) is 16.2 Å². The van der Waals surface area contributed by atoms with Crippen LogP contribution in [0.25, 0.3) is 0 Å². The zero-order valence-electron chi connectivity index (χ0n) is 9.24. The predicted molar refractivity (Wildman–Crippen MR) is 56.3 cm³/mol. The minimum absolute atomic E-state index is 0.0472. The van der Waals surface area contributed by atoms with E-state index in [1.54, 1.807) is 0 Å². The van der Waals surface area contributed by atoms with Gasteiger partial charge in [-0.15, -0.1) is 0 Å². The van der Waals surface area contributed by atoms with Crippen LogP contribution in [0.4, 0.5) is 13.2 Å². The van der Waals surface area contributed by atoms with Gasteiger partial charge in [-0.05, 0) is 37.3 Å². The minimum atomic E-state index is -4.33. The van der Waals surface area contributed by atoms with Crippen molar-refractivity contribution in [3.05, 3.63) is 29.6 Å². The molecule has 1 fully saturated rings. The first-order chi connectivity index (χ1) is 7.97. The Morgan fingerprint density at radius 1 is 1.35 bits per heavy atom. The highest BCUT2D eigenvalue weighted by atomic mass is 19.4. The van der Waals surface area contributed by atoms with Gasteiger partial charge >= 0.3 is 6.18 Å². The first kappa shape index (κ1) is 12.4. The van der Waals surface area contributed by atoms with Gasteiger partial charge in [0, 0.05) is 11.9 Å². The van der Waals surface area contributed by atoms with E-state index in [1.165, 1.54) is 6.20 Å². The summed E-state index contributed by atoms with van der Waals surface area (Å²) in [5.74, 6) is 0.0472. The van der Waals surface area contributed by atoms with Crippen molar-refractivity contribution in [1.29, 1.82) is 0 Å². The number of hydrogen-bond acceptors (Lipinski definition) is 2. The van der Waals surface area contributed by atoms with Crippen molar-refractivity contribution < 1.29 is 18.3 Å². The topological polar surface area (TPSA) is 33.1 Å². The van der Waals surface area contributed by atoms with Crippen molar-refractivity contribution >= 4 is 0 Å². The number of rotatable bonds is 2. The molecule has 2 nitrogen and oxygen atoms in total. The smallest absolute Gasteiger partial charge is 0.393 e. The van der Waals surface area contributed by atoms with Crippen molar-refractivity contribution in [3.63, 3.8) is 0 Å². The molecule has 0 aliphatic heterocycles. The second-order valence-electron chi connectivity index (χ2n) is 4.50. The third-order valence-electron chi connectivity index (χ3n) is 3.23. The van der Waals surface area contributed by atoms with E-state index in [1.807, 2.05) is 0 Å². The van der Waals surface area contributed by atoms with E-state index in [2.05, 4.69) is 4.98 Å². The highest BCUT2D eigenvalue weighted by molar-refractivity contribution is 5.20. The normalized spacial score (nSPS) is 25.2. The Labute approximate surface area is 97.5 Å². The molecule has 1 aliphatic carbocycles. The first-order valence-corrected chi connectivity index (χ1v) is 5.67. The standard InChI is InChI=1S/C12H14F3NO/c13-12(14,15)9-4-5-16-10(7-9)6-8-2-1-3-11(8)17/h4-5,7-8,11,17H,1-3,6H2/t8-,11+/m0/s1. The van der Waals surface area contributed by atoms with Crippen molar-refractivity contribution in [3.8, 4) is 0 Å². The van der Waals surface area contributed by atoms with Gasteiger partial charge in [0.25, 0.3) is 0 Å². The lowest BCUT2D eigenvalue weighted by atomic mass is 9.98. The van der Waals surface area contributed by atoms with E-state index in [0.717, 1.165) is 31.4 Å². The van der Waals surface area contributed by atoms with Gasteiger partial charge in [-0.1, -0.05) is 6.42 Å². The van der Waals surface area contributed by atoms with Crippen molar-refractivity contribution in [2.24, 2.45) is 5.92 Å². The highest BCUT2D eigenvalue weighted by Gasteiger charge is 2.31. The molecule has 0 radical (unpaired) electrons. The van der Waals surface area contributed by atoms with Gasteiger partial charge in [-0.2, -0.15) is 13.2 Å². The van der Waals surface area contributed by atoms with Gasteiger partial charge in [0.05, 0.1) is 11.7 Å². The van der Waals surface area contributed by atoms with Gasteiger partial charge < -0.3 is 5.11 Å². The van der Waals surface area contributed by atoms with Gasteiger partial charge in [-0.3, -0.25) is 4.98 Å². The Bertz CT molecular complexity index is 392. The van der Waals surface area contributed by atoms with Crippen LogP contribution in [-0.2, 0) is 12.6 Å². The number of hydrogen-bond donors (Lipinski definition) is 1. The fourth-order valence-corrected chi connectivity index (χ4v) is 2.29. The molecule has 1 heterocycles. The summed E-state index contributed by atoms with van der Waals surface area (Å²) in [4.78, 5) is 3.94. The van der Waals surface area contributed by atoms with Crippen LogP contribution in [0.1, 0.15) is 30.5 Å². The summed E-state index contributed by atoms with van der Waals surface area (Å²) >= 11 is 0. The molecular weight excluding hydrogens is 231 g/mol. The van der Waals surface area contributed by atoms with E-state index in [0.29, 0.717) is 12.1 Å². The molecule has 1 aromatic heterocycles. The second kappa shape index (κ2) is 4.64. The van der Waals surface area contributed by atoms with Crippen LogP contribution in [0, 0.1) is 5.92 Å². The van der Waals surface area contributed by atoms with Gasteiger partial charge in [-0.25, -0.2) is 0 Å². The van der Waals surface area contributed by atoms with Crippen LogP contribution >= 0.6 is 0 Å². The zero-order valence-corrected chi connectivity index (χ0v) is 9.24. The number of alkyl halides is 3. The highest BCUT2D eigenvalue weighted by Crippen LogP contribution is 2.31. The Balaban J connectivity index is 2.11. The number of aliphatic hydroxyl groups is 1. The Morgan fingerprint density at radius 2 is 2.12 bits per heavy atom. The zero-order chi connectivity index (χ0) is 12.5. The molecule has 0 aromatic carbocycles. The predicted octanol–water partition coefficient (Wildman–Crippen LogP) is 2.80. The number of aliphatic hydroxyl groups excluding tert-OH is 1. The van der Waals surface area contributed by atoms with E-state index in [9.17, 15) is 18.3 Å². The third kappa shape index (κ3) is 2.97. The molecule has 1 aliphatic rings. The maximum absolute atomic E-state index is 12.5. The lowest BCUT2D eigenvalue weighted by Gasteiger charge is -2.14. The summed E-state index contributed by atoms with van der Waals surface area (Å²) < 4.78 is 37.4. The molecular formula is C12H14F3NO. The van der Waals surface area contributed by atoms with Crippen LogP contribution < -0.4 is 0 Å². The van der Waals surface area contributed by atoms with Crippen molar-refractivity contribution in [2.75, 3.05) is 0 Å². The Kier molecular flexibility index (Phi) is 3.38. The molecule has 0 unspecified atom stereocenters. The van der Waals surface area contributed by atoms with Gasteiger partial charge in [0.1, 0.15) is 0 Å². The molecule has 0 bridgehead atoms. The Morgan fingerprint density at radius 3 is 2.71 bits per heavy atom. The van der Waals surface area contributed by atoms with Crippen molar-refractivity contribution in [1.82, 2.24) is 4.98 Å².